The molecule has 3 heterocycles. The van der Waals surface area contributed by atoms with Crippen molar-refractivity contribution in [2.24, 2.45) is 11.3 Å². The lowest BCUT2D eigenvalue weighted by molar-refractivity contribution is -0.123. The fourth-order valence-corrected chi connectivity index (χ4v) is 4.52. The van der Waals surface area contributed by atoms with Crippen molar-refractivity contribution in [2.75, 3.05) is 31.1 Å². The Morgan fingerprint density at radius 1 is 1.15 bits per heavy atom. The van der Waals surface area contributed by atoms with Crippen LogP contribution in [0.15, 0.2) is 18.3 Å². The van der Waals surface area contributed by atoms with Crippen LogP contribution in [0.3, 0.4) is 0 Å². The van der Waals surface area contributed by atoms with E-state index in [1.807, 2.05) is 6.20 Å². The molecule has 5 nitrogen and oxygen atoms in total. The van der Waals surface area contributed by atoms with E-state index in [1.54, 1.807) is 0 Å². The van der Waals surface area contributed by atoms with Crippen LogP contribution in [0.1, 0.15) is 50.5 Å². The fourth-order valence-electron chi connectivity index (χ4n) is 4.52. The molecule has 1 saturated carbocycles. The number of hydrogen-bond acceptors (Lipinski definition) is 4. The molecule has 1 aromatic heterocycles. The molecule has 1 spiro atoms. The zero-order valence-corrected chi connectivity index (χ0v) is 17.5. The van der Waals surface area contributed by atoms with Crippen molar-refractivity contribution < 1.29 is 4.79 Å². The number of nitrogens with one attached hydrogen (secondary N) is 2. The summed E-state index contributed by atoms with van der Waals surface area (Å²) < 4.78 is 0. The highest BCUT2D eigenvalue weighted by molar-refractivity contribution is 5.85. The van der Waals surface area contributed by atoms with Crippen LogP contribution in [-0.2, 0) is 11.3 Å². The highest BCUT2D eigenvalue weighted by Gasteiger charge is 2.57. The highest BCUT2D eigenvalue weighted by atomic mass is 35.5. The summed E-state index contributed by atoms with van der Waals surface area (Å²) in [6.07, 6.45) is 10.5. The Labute approximate surface area is 174 Å². The third-order valence-electron chi connectivity index (χ3n) is 6.31. The molecule has 1 aliphatic carbocycles. The average molecular weight is 415 g/mol. The predicted octanol–water partition coefficient (Wildman–Crippen LogP) is 3.31. The van der Waals surface area contributed by atoms with E-state index in [9.17, 15) is 4.79 Å². The van der Waals surface area contributed by atoms with E-state index in [1.165, 1.54) is 25.7 Å². The standard InChI is InChI=1S/C20H30N4O.2ClH/c25-19(17-13-20(17)7-9-21-10-8-20)23-15-16-5-6-18(22-14-16)24-11-3-1-2-4-12-24;;/h5-6,14,17,21H,1-4,7-13,15H2,(H,23,25);2*1H. The van der Waals surface area contributed by atoms with Gasteiger partial charge >= 0.3 is 0 Å². The topological polar surface area (TPSA) is 57.3 Å². The molecule has 3 aliphatic rings. The van der Waals surface area contributed by atoms with Gasteiger partial charge in [-0.25, -0.2) is 4.98 Å². The molecule has 0 radical (unpaired) electrons. The Hall–Kier alpha value is -1.04. The molecule has 1 atom stereocenters. The minimum absolute atomic E-state index is 0. The molecule has 1 unspecified atom stereocenters. The Morgan fingerprint density at radius 2 is 1.85 bits per heavy atom. The number of hydrogen-bond donors (Lipinski definition) is 2. The normalized spacial score (nSPS) is 23.6. The molecule has 2 aliphatic heterocycles. The van der Waals surface area contributed by atoms with Gasteiger partial charge in [0.05, 0.1) is 0 Å². The number of carbonyl (C=O) groups excluding carboxylic acids is 1. The number of halogens is 2. The third kappa shape index (κ3) is 5.27. The van der Waals surface area contributed by atoms with Crippen LogP contribution < -0.4 is 15.5 Å². The molecular formula is C20H32Cl2N4O. The van der Waals surface area contributed by atoms with Crippen molar-refractivity contribution in [2.45, 2.75) is 51.5 Å². The minimum atomic E-state index is 0. The number of aromatic nitrogens is 1. The van der Waals surface area contributed by atoms with E-state index < -0.39 is 0 Å². The number of rotatable bonds is 4. The minimum Gasteiger partial charge on any atom is -0.357 e. The van der Waals surface area contributed by atoms with Crippen LogP contribution in [0.5, 0.6) is 0 Å². The van der Waals surface area contributed by atoms with Crippen molar-refractivity contribution >= 4 is 36.5 Å². The van der Waals surface area contributed by atoms with Gasteiger partial charge in [-0.05, 0) is 62.2 Å². The lowest BCUT2D eigenvalue weighted by Gasteiger charge is -2.23. The summed E-state index contributed by atoms with van der Waals surface area (Å²) in [6, 6.07) is 4.22. The van der Waals surface area contributed by atoms with Crippen molar-refractivity contribution in [1.29, 1.82) is 0 Å². The molecule has 7 heteroatoms. The van der Waals surface area contributed by atoms with Crippen molar-refractivity contribution in [3.05, 3.63) is 23.9 Å². The Kier molecular flexibility index (Phi) is 8.20. The first-order valence-electron chi connectivity index (χ1n) is 9.95. The molecule has 1 amide bonds. The van der Waals surface area contributed by atoms with Gasteiger partial charge in [0.25, 0.3) is 0 Å². The van der Waals surface area contributed by atoms with E-state index in [2.05, 4.69) is 32.7 Å². The maximum absolute atomic E-state index is 12.4. The monoisotopic (exact) mass is 414 g/mol. The molecule has 27 heavy (non-hydrogen) atoms. The number of carbonyl (C=O) groups is 1. The highest BCUT2D eigenvalue weighted by Crippen LogP contribution is 2.58. The van der Waals surface area contributed by atoms with E-state index in [4.69, 9.17) is 0 Å². The van der Waals surface area contributed by atoms with Crippen LogP contribution >= 0.6 is 24.8 Å². The van der Waals surface area contributed by atoms with Gasteiger partial charge in [0.15, 0.2) is 0 Å². The van der Waals surface area contributed by atoms with Gasteiger partial charge in [0, 0.05) is 31.7 Å². The van der Waals surface area contributed by atoms with Gasteiger partial charge in [-0.3, -0.25) is 4.79 Å². The molecule has 2 N–H and O–H groups in total. The molecule has 0 bridgehead atoms. The Bertz CT molecular complexity index is 597. The fraction of sp³-hybridized carbons (Fsp3) is 0.700. The number of piperidine rings is 1. The molecule has 152 valence electrons. The van der Waals surface area contributed by atoms with Gasteiger partial charge in [-0.2, -0.15) is 0 Å². The maximum Gasteiger partial charge on any atom is 0.223 e. The van der Waals surface area contributed by atoms with Gasteiger partial charge in [0.1, 0.15) is 5.82 Å². The largest absolute Gasteiger partial charge is 0.357 e. The Balaban J connectivity index is 0.00000131. The zero-order valence-electron chi connectivity index (χ0n) is 15.9. The number of amides is 1. The van der Waals surface area contributed by atoms with Crippen LogP contribution in [0.25, 0.3) is 0 Å². The summed E-state index contributed by atoms with van der Waals surface area (Å²) in [5.74, 6) is 1.55. The first kappa shape index (κ1) is 22.3. The summed E-state index contributed by atoms with van der Waals surface area (Å²) in [5, 5.41) is 6.52. The summed E-state index contributed by atoms with van der Waals surface area (Å²) in [7, 11) is 0. The predicted molar refractivity (Wildman–Crippen MR) is 114 cm³/mol. The van der Waals surface area contributed by atoms with Crippen molar-refractivity contribution in [3.8, 4) is 0 Å². The second-order valence-electron chi connectivity index (χ2n) is 8.01. The quantitative estimate of drug-likeness (QED) is 0.792. The van der Waals surface area contributed by atoms with E-state index in [0.29, 0.717) is 12.0 Å². The summed E-state index contributed by atoms with van der Waals surface area (Å²) in [4.78, 5) is 19.5. The molecule has 1 aromatic rings. The SMILES string of the molecule is Cl.Cl.O=C(NCc1ccc(N2CCCCCC2)nc1)C1CC12CCNCC2. The van der Waals surface area contributed by atoms with Crippen molar-refractivity contribution in [1.82, 2.24) is 15.6 Å². The smallest absolute Gasteiger partial charge is 0.223 e. The van der Waals surface area contributed by atoms with Gasteiger partial charge in [-0.1, -0.05) is 18.9 Å². The van der Waals surface area contributed by atoms with Gasteiger partial charge in [-0.15, -0.1) is 24.8 Å². The van der Waals surface area contributed by atoms with Crippen LogP contribution in [0, 0.1) is 11.3 Å². The van der Waals surface area contributed by atoms with E-state index in [-0.39, 0.29) is 36.6 Å². The molecule has 2 saturated heterocycles. The first-order valence-corrected chi connectivity index (χ1v) is 9.95. The van der Waals surface area contributed by atoms with E-state index in [0.717, 1.165) is 56.8 Å². The second-order valence-corrected chi connectivity index (χ2v) is 8.01. The maximum atomic E-state index is 12.4. The van der Waals surface area contributed by atoms with Crippen molar-refractivity contribution in [3.63, 3.8) is 0 Å². The lowest BCUT2D eigenvalue weighted by atomic mass is 9.92. The second kappa shape index (κ2) is 9.94. The summed E-state index contributed by atoms with van der Waals surface area (Å²) in [6.45, 7) is 4.94. The molecule has 4 rings (SSSR count). The summed E-state index contributed by atoms with van der Waals surface area (Å²) >= 11 is 0. The number of anilines is 1. The van der Waals surface area contributed by atoms with Crippen LogP contribution in [0.2, 0.25) is 0 Å². The van der Waals surface area contributed by atoms with Gasteiger partial charge < -0.3 is 15.5 Å². The first-order chi connectivity index (χ1) is 12.3. The number of nitrogens with zero attached hydrogens (tertiary/aromatic N) is 2. The third-order valence-corrected chi connectivity index (χ3v) is 6.31. The molecule has 0 aromatic carbocycles. The lowest BCUT2D eigenvalue weighted by Crippen LogP contribution is -2.33. The molecular weight excluding hydrogens is 383 g/mol. The van der Waals surface area contributed by atoms with Crippen LogP contribution in [0.4, 0.5) is 5.82 Å². The van der Waals surface area contributed by atoms with E-state index >= 15 is 0 Å². The Morgan fingerprint density at radius 3 is 2.48 bits per heavy atom. The number of pyridine rings is 1. The molecule has 3 fully saturated rings. The van der Waals surface area contributed by atoms with Gasteiger partial charge in [0.2, 0.25) is 5.91 Å². The zero-order chi connectivity index (χ0) is 17.1. The average Bonchev–Trinajstić information content (AvgIpc) is 3.40. The van der Waals surface area contributed by atoms with Crippen LogP contribution in [-0.4, -0.2) is 37.1 Å². The summed E-state index contributed by atoms with van der Waals surface area (Å²) in [5.41, 5.74) is 1.40.